The quantitative estimate of drug-likeness (QED) is 0.783. The Morgan fingerprint density at radius 2 is 2.20 bits per heavy atom. The van der Waals surface area contributed by atoms with Gasteiger partial charge in [-0.25, -0.2) is 9.97 Å². The van der Waals surface area contributed by atoms with E-state index >= 15 is 0 Å². The monoisotopic (exact) mass is 273 g/mol. The minimum absolute atomic E-state index is 0.752. The van der Waals surface area contributed by atoms with Crippen LogP contribution in [0.3, 0.4) is 0 Å². The summed E-state index contributed by atoms with van der Waals surface area (Å²) in [7, 11) is 4.05. The van der Waals surface area contributed by atoms with Crippen LogP contribution in [0, 0.1) is 0 Å². The van der Waals surface area contributed by atoms with Crippen molar-refractivity contribution in [2.75, 3.05) is 18.5 Å². The van der Waals surface area contributed by atoms with Gasteiger partial charge in [0.1, 0.15) is 11.6 Å². The van der Waals surface area contributed by atoms with E-state index in [0.717, 1.165) is 43.4 Å². The van der Waals surface area contributed by atoms with Crippen molar-refractivity contribution in [3.63, 3.8) is 0 Å². The zero-order valence-electron chi connectivity index (χ0n) is 12.5. The highest BCUT2D eigenvalue weighted by Crippen LogP contribution is 2.12. The Hall–Kier alpha value is -1.88. The first-order chi connectivity index (χ1) is 9.70. The smallest absolute Gasteiger partial charge is 0.129 e. The van der Waals surface area contributed by atoms with Crippen molar-refractivity contribution >= 4 is 5.82 Å². The van der Waals surface area contributed by atoms with Gasteiger partial charge >= 0.3 is 0 Å². The van der Waals surface area contributed by atoms with Crippen LogP contribution in [0.4, 0.5) is 5.82 Å². The summed E-state index contributed by atoms with van der Waals surface area (Å²) in [6, 6.07) is 6.15. The summed E-state index contributed by atoms with van der Waals surface area (Å²) in [4.78, 5) is 11.1. The third-order valence-electron chi connectivity index (χ3n) is 3.22. The SMILES string of the molecule is CCCNCc1cccc(N(C)Cc2nccn2C)n1. The van der Waals surface area contributed by atoms with Crippen LogP contribution < -0.4 is 10.2 Å². The van der Waals surface area contributed by atoms with Crippen LogP contribution in [0.2, 0.25) is 0 Å². The number of imidazole rings is 1. The number of pyridine rings is 1. The fraction of sp³-hybridized carbons (Fsp3) is 0.467. The van der Waals surface area contributed by atoms with Gasteiger partial charge in [0, 0.05) is 33.0 Å². The molecule has 0 aliphatic heterocycles. The summed E-state index contributed by atoms with van der Waals surface area (Å²) in [5, 5.41) is 3.37. The minimum atomic E-state index is 0.752. The standard InChI is InChI=1S/C15H23N5/c1-4-8-16-11-13-6-5-7-14(18-13)20(3)12-15-17-9-10-19(15)2/h5-7,9-10,16H,4,8,11-12H2,1-3H3. The Labute approximate surface area is 120 Å². The zero-order chi connectivity index (χ0) is 14.4. The Balaban J connectivity index is 2.00. The summed E-state index contributed by atoms with van der Waals surface area (Å²) in [5.74, 6) is 2.01. The molecular formula is C15H23N5. The maximum atomic E-state index is 4.68. The molecule has 5 heteroatoms. The molecule has 0 amide bonds. The molecule has 0 spiro atoms. The van der Waals surface area contributed by atoms with Gasteiger partial charge in [-0.1, -0.05) is 13.0 Å². The lowest BCUT2D eigenvalue weighted by molar-refractivity contribution is 0.662. The van der Waals surface area contributed by atoms with E-state index in [4.69, 9.17) is 0 Å². The van der Waals surface area contributed by atoms with E-state index in [0.29, 0.717) is 0 Å². The number of rotatable bonds is 7. The second kappa shape index (κ2) is 7.05. The summed E-state index contributed by atoms with van der Waals surface area (Å²) in [6.07, 6.45) is 4.92. The molecule has 0 atom stereocenters. The maximum Gasteiger partial charge on any atom is 0.129 e. The highest BCUT2D eigenvalue weighted by molar-refractivity contribution is 5.38. The second-order valence-electron chi connectivity index (χ2n) is 4.97. The number of aromatic nitrogens is 3. The number of hydrogen-bond acceptors (Lipinski definition) is 4. The molecule has 0 saturated heterocycles. The molecule has 0 aromatic carbocycles. The Morgan fingerprint density at radius 3 is 2.90 bits per heavy atom. The predicted molar refractivity (Wildman–Crippen MR) is 81.5 cm³/mol. The summed E-state index contributed by atoms with van der Waals surface area (Å²) < 4.78 is 2.03. The lowest BCUT2D eigenvalue weighted by Crippen LogP contribution is -2.21. The van der Waals surface area contributed by atoms with Gasteiger partial charge in [-0.05, 0) is 25.1 Å². The van der Waals surface area contributed by atoms with Crippen LogP contribution in [-0.4, -0.2) is 28.1 Å². The van der Waals surface area contributed by atoms with Crippen LogP contribution >= 0.6 is 0 Å². The number of aryl methyl sites for hydroxylation is 1. The van der Waals surface area contributed by atoms with E-state index in [1.165, 1.54) is 0 Å². The number of anilines is 1. The van der Waals surface area contributed by atoms with E-state index in [1.807, 2.05) is 37.1 Å². The lowest BCUT2D eigenvalue weighted by Gasteiger charge is -2.18. The molecule has 1 N–H and O–H groups in total. The molecular weight excluding hydrogens is 250 g/mol. The third-order valence-corrected chi connectivity index (χ3v) is 3.22. The van der Waals surface area contributed by atoms with Gasteiger partial charge in [-0.2, -0.15) is 0 Å². The molecule has 2 aromatic rings. The molecule has 5 nitrogen and oxygen atoms in total. The van der Waals surface area contributed by atoms with Crippen LogP contribution in [0.1, 0.15) is 24.9 Å². The van der Waals surface area contributed by atoms with Gasteiger partial charge in [0.2, 0.25) is 0 Å². The molecule has 20 heavy (non-hydrogen) atoms. The van der Waals surface area contributed by atoms with Crippen molar-refractivity contribution in [2.24, 2.45) is 7.05 Å². The van der Waals surface area contributed by atoms with E-state index in [1.54, 1.807) is 0 Å². The fourth-order valence-corrected chi connectivity index (χ4v) is 2.01. The van der Waals surface area contributed by atoms with Crippen molar-refractivity contribution in [2.45, 2.75) is 26.4 Å². The molecule has 0 saturated carbocycles. The molecule has 0 aliphatic rings. The Bertz CT molecular complexity index is 535. The first kappa shape index (κ1) is 14.5. The second-order valence-corrected chi connectivity index (χ2v) is 4.97. The molecule has 0 bridgehead atoms. The molecule has 0 fully saturated rings. The molecule has 2 aromatic heterocycles. The third kappa shape index (κ3) is 3.81. The van der Waals surface area contributed by atoms with Crippen molar-refractivity contribution in [3.8, 4) is 0 Å². The van der Waals surface area contributed by atoms with Gasteiger partial charge in [0.25, 0.3) is 0 Å². The van der Waals surface area contributed by atoms with Crippen molar-refractivity contribution in [1.82, 2.24) is 19.9 Å². The zero-order valence-corrected chi connectivity index (χ0v) is 12.5. The average Bonchev–Trinajstić information content (AvgIpc) is 2.85. The van der Waals surface area contributed by atoms with Gasteiger partial charge in [0.15, 0.2) is 0 Å². The summed E-state index contributed by atoms with van der Waals surface area (Å²) in [5.41, 5.74) is 1.07. The largest absolute Gasteiger partial charge is 0.352 e. The molecule has 0 unspecified atom stereocenters. The lowest BCUT2D eigenvalue weighted by atomic mass is 10.3. The predicted octanol–water partition coefficient (Wildman–Crippen LogP) is 1.95. The topological polar surface area (TPSA) is 46.0 Å². The van der Waals surface area contributed by atoms with Crippen molar-refractivity contribution in [1.29, 1.82) is 0 Å². The van der Waals surface area contributed by atoms with Crippen molar-refractivity contribution < 1.29 is 0 Å². The fourth-order valence-electron chi connectivity index (χ4n) is 2.01. The van der Waals surface area contributed by atoms with Crippen LogP contribution in [0.25, 0.3) is 0 Å². The van der Waals surface area contributed by atoms with Crippen LogP contribution in [-0.2, 0) is 20.1 Å². The van der Waals surface area contributed by atoms with Gasteiger partial charge in [-0.3, -0.25) is 0 Å². The van der Waals surface area contributed by atoms with Gasteiger partial charge < -0.3 is 14.8 Å². The molecule has 108 valence electrons. The molecule has 2 rings (SSSR count). The maximum absolute atomic E-state index is 4.68. The summed E-state index contributed by atoms with van der Waals surface area (Å²) >= 11 is 0. The first-order valence-corrected chi connectivity index (χ1v) is 7.04. The van der Waals surface area contributed by atoms with E-state index in [-0.39, 0.29) is 0 Å². The van der Waals surface area contributed by atoms with Crippen molar-refractivity contribution in [3.05, 3.63) is 42.1 Å². The van der Waals surface area contributed by atoms with Crippen LogP contribution in [0.15, 0.2) is 30.6 Å². The van der Waals surface area contributed by atoms with E-state index in [9.17, 15) is 0 Å². The molecule has 0 radical (unpaired) electrons. The Kier molecular flexibility index (Phi) is 5.12. The first-order valence-electron chi connectivity index (χ1n) is 7.04. The summed E-state index contributed by atoms with van der Waals surface area (Å²) in [6.45, 7) is 4.76. The minimum Gasteiger partial charge on any atom is -0.352 e. The van der Waals surface area contributed by atoms with Crippen LogP contribution in [0.5, 0.6) is 0 Å². The van der Waals surface area contributed by atoms with E-state index in [2.05, 4.69) is 39.2 Å². The normalized spacial score (nSPS) is 10.8. The van der Waals surface area contributed by atoms with Gasteiger partial charge in [-0.15, -0.1) is 0 Å². The average molecular weight is 273 g/mol. The highest BCUT2D eigenvalue weighted by atomic mass is 15.2. The highest BCUT2D eigenvalue weighted by Gasteiger charge is 2.07. The Morgan fingerprint density at radius 1 is 1.35 bits per heavy atom. The number of nitrogens with one attached hydrogen (secondary N) is 1. The number of hydrogen-bond donors (Lipinski definition) is 1. The van der Waals surface area contributed by atoms with Gasteiger partial charge in [0.05, 0.1) is 12.2 Å². The molecule has 0 aliphatic carbocycles. The molecule has 2 heterocycles. The van der Waals surface area contributed by atoms with E-state index < -0.39 is 0 Å². The number of nitrogens with zero attached hydrogens (tertiary/aromatic N) is 4.